The summed E-state index contributed by atoms with van der Waals surface area (Å²) < 4.78 is 24.7. The summed E-state index contributed by atoms with van der Waals surface area (Å²) in [7, 11) is 0. The molecule has 0 unspecified atom stereocenters. The van der Waals surface area contributed by atoms with Crippen LogP contribution in [-0.4, -0.2) is 6.29 Å². The van der Waals surface area contributed by atoms with Crippen molar-refractivity contribution in [3.8, 4) is 5.75 Å². The van der Waals surface area contributed by atoms with E-state index >= 15 is 0 Å². The van der Waals surface area contributed by atoms with Crippen LogP contribution in [0.4, 0.5) is 4.39 Å². The Morgan fingerprint density at radius 3 is 2.71 bits per heavy atom. The van der Waals surface area contributed by atoms with Gasteiger partial charge in [0, 0.05) is 12.1 Å². The second-order valence-corrected chi connectivity index (χ2v) is 4.67. The first-order valence-corrected chi connectivity index (χ1v) is 6.58. The number of halogens is 1. The Morgan fingerprint density at radius 1 is 1.14 bits per heavy atom. The summed E-state index contributed by atoms with van der Waals surface area (Å²) in [6.45, 7) is 0.341. The Hall–Kier alpha value is -2.62. The predicted octanol–water partition coefficient (Wildman–Crippen LogP) is 3.89. The van der Waals surface area contributed by atoms with Crippen LogP contribution >= 0.6 is 0 Å². The van der Waals surface area contributed by atoms with Gasteiger partial charge in [-0.1, -0.05) is 30.3 Å². The highest BCUT2D eigenvalue weighted by molar-refractivity contribution is 5.85. The average molecular weight is 284 g/mol. The lowest BCUT2D eigenvalue weighted by atomic mass is 10.2. The van der Waals surface area contributed by atoms with Crippen molar-refractivity contribution in [3.05, 3.63) is 65.7 Å². The number of ether oxygens (including phenoxy) is 1. The van der Waals surface area contributed by atoms with Gasteiger partial charge in [-0.05, 0) is 11.6 Å². The second-order valence-electron chi connectivity index (χ2n) is 4.67. The molecule has 0 aliphatic heterocycles. The third-order valence-corrected chi connectivity index (χ3v) is 3.14. The molecule has 0 N–H and O–H groups in total. The number of furan rings is 1. The van der Waals surface area contributed by atoms with E-state index < -0.39 is 5.82 Å². The lowest BCUT2D eigenvalue weighted by Crippen LogP contribution is -1.95. The fraction of sp³-hybridized carbons (Fsp3) is 0.118. The first-order valence-electron chi connectivity index (χ1n) is 6.58. The number of benzene rings is 2. The third kappa shape index (κ3) is 2.94. The molecule has 0 fully saturated rings. The molecule has 4 heteroatoms. The van der Waals surface area contributed by atoms with Gasteiger partial charge >= 0.3 is 0 Å². The molecule has 0 spiro atoms. The van der Waals surface area contributed by atoms with Crippen molar-refractivity contribution in [1.29, 1.82) is 0 Å². The summed E-state index contributed by atoms with van der Waals surface area (Å²) in [5, 5.41) is 0.671. The standard InChI is InChI=1S/C17H13FO3/c18-13-8-16(20-11-12-4-2-1-3-5-12)15-10-14(6-7-19)21-17(15)9-13/h1-5,7-10H,6,11H2. The van der Waals surface area contributed by atoms with Crippen molar-refractivity contribution >= 4 is 17.3 Å². The van der Waals surface area contributed by atoms with Gasteiger partial charge in [-0.15, -0.1) is 0 Å². The van der Waals surface area contributed by atoms with Crippen LogP contribution in [0.5, 0.6) is 5.75 Å². The van der Waals surface area contributed by atoms with E-state index in [0.717, 1.165) is 11.8 Å². The van der Waals surface area contributed by atoms with E-state index in [1.807, 2.05) is 30.3 Å². The minimum Gasteiger partial charge on any atom is -0.488 e. The summed E-state index contributed by atoms with van der Waals surface area (Å²) >= 11 is 0. The molecule has 0 saturated carbocycles. The SMILES string of the molecule is O=CCc1cc2c(OCc3ccccc3)cc(F)cc2o1. The second kappa shape index (κ2) is 5.79. The van der Waals surface area contributed by atoms with Crippen molar-refractivity contribution < 1.29 is 18.3 Å². The van der Waals surface area contributed by atoms with Gasteiger partial charge in [0.25, 0.3) is 0 Å². The Bertz CT molecular complexity index is 762. The molecule has 106 valence electrons. The smallest absolute Gasteiger partial charge is 0.140 e. The van der Waals surface area contributed by atoms with Crippen LogP contribution in [0.2, 0.25) is 0 Å². The number of rotatable bonds is 5. The van der Waals surface area contributed by atoms with Crippen LogP contribution in [0.25, 0.3) is 11.0 Å². The van der Waals surface area contributed by atoms with Gasteiger partial charge in [0.2, 0.25) is 0 Å². The van der Waals surface area contributed by atoms with E-state index in [4.69, 9.17) is 9.15 Å². The largest absolute Gasteiger partial charge is 0.488 e. The predicted molar refractivity (Wildman–Crippen MR) is 76.7 cm³/mol. The molecule has 0 aliphatic rings. The highest BCUT2D eigenvalue weighted by Gasteiger charge is 2.11. The molecular formula is C17H13FO3. The van der Waals surface area contributed by atoms with E-state index in [2.05, 4.69) is 0 Å². The van der Waals surface area contributed by atoms with Gasteiger partial charge in [0.15, 0.2) is 0 Å². The van der Waals surface area contributed by atoms with Crippen molar-refractivity contribution in [2.24, 2.45) is 0 Å². The summed E-state index contributed by atoms with van der Waals surface area (Å²) in [5.74, 6) is 0.475. The van der Waals surface area contributed by atoms with Crippen molar-refractivity contribution in [1.82, 2.24) is 0 Å². The van der Waals surface area contributed by atoms with Crippen molar-refractivity contribution in [3.63, 3.8) is 0 Å². The van der Waals surface area contributed by atoms with Crippen molar-refractivity contribution in [2.45, 2.75) is 13.0 Å². The third-order valence-electron chi connectivity index (χ3n) is 3.14. The first-order chi connectivity index (χ1) is 10.3. The average Bonchev–Trinajstić information content (AvgIpc) is 2.88. The summed E-state index contributed by atoms with van der Waals surface area (Å²) in [5.41, 5.74) is 1.38. The van der Waals surface area contributed by atoms with E-state index in [1.54, 1.807) is 6.07 Å². The summed E-state index contributed by atoms with van der Waals surface area (Å²) in [6, 6.07) is 14.0. The van der Waals surface area contributed by atoms with Crippen LogP contribution < -0.4 is 4.74 Å². The van der Waals surface area contributed by atoms with Crippen LogP contribution in [0.1, 0.15) is 11.3 Å². The van der Waals surface area contributed by atoms with E-state index in [0.29, 0.717) is 29.1 Å². The molecule has 0 bridgehead atoms. The van der Waals surface area contributed by atoms with Crippen LogP contribution in [0, 0.1) is 5.82 Å². The molecule has 3 aromatic rings. The number of aldehydes is 1. The fourth-order valence-electron chi connectivity index (χ4n) is 2.16. The maximum Gasteiger partial charge on any atom is 0.140 e. The van der Waals surface area contributed by atoms with E-state index in [9.17, 15) is 9.18 Å². The molecule has 0 saturated heterocycles. The zero-order valence-corrected chi connectivity index (χ0v) is 11.2. The number of fused-ring (bicyclic) bond motifs is 1. The van der Waals surface area contributed by atoms with Crippen LogP contribution in [-0.2, 0) is 17.8 Å². The molecule has 2 aromatic carbocycles. The first kappa shape index (κ1) is 13.4. The minimum absolute atomic E-state index is 0.161. The lowest BCUT2D eigenvalue weighted by Gasteiger charge is -2.07. The van der Waals surface area contributed by atoms with Crippen molar-refractivity contribution in [2.75, 3.05) is 0 Å². The zero-order valence-electron chi connectivity index (χ0n) is 11.2. The highest BCUT2D eigenvalue weighted by Crippen LogP contribution is 2.30. The Balaban J connectivity index is 1.91. The van der Waals surface area contributed by atoms with Gasteiger partial charge in [-0.3, -0.25) is 0 Å². The highest BCUT2D eigenvalue weighted by atomic mass is 19.1. The summed E-state index contributed by atoms with van der Waals surface area (Å²) in [6.07, 6.45) is 0.910. The fourth-order valence-corrected chi connectivity index (χ4v) is 2.16. The summed E-state index contributed by atoms with van der Waals surface area (Å²) in [4.78, 5) is 10.5. The molecule has 0 radical (unpaired) electrons. The zero-order chi connectivity index (χ0) is 14.7. The quantitative estimate of drug-likeness (QED) is 0.667. The Labute approximate surface area is 120 Å². The molecule has 0 amide bonds. The molecule has 1 aromatic heterocycles. The Morgan fingerprint density at radius 2 is 1.95 bits per heavy atom. The number of carbonyl (C=O) groups is 1. The molecule has 0 atom stereocenters. The van der Waals surface area contributed by atoms with E-state index in [1.165, 1.54) is 12.1 Å². The maximum atomic E-state index is 13.6. The van der Waals surface area contributed by atoms with Crippen LogP contribution in [0.15, 0.2) is 52.9 Å². The monoisotopic (exact) mass is 284 g/mol. The molecule has 21 heavy (non-hydrogen) atoms. The van der Waals surface area contributed by atoms with E-state index in [-0.39, 0.29) is 6.42 Å². The minimum atomic E-state index is -0.433. The molecule has 1 heterocycles. The van der Waals surface area contributed by atoms with Gasteiger partial charge in [0.1, 0.15) is 35.8 Å². The Kier molecular flexibility index (Phi) is 3.69. The van der Waals surface area contributed by atoms with Gasteiger partial charge < -0.3 is 13.9 Å². The van der Waals surface area contributed by atoms with Gasteiger partial charge in [0.05, 0.1) is 11.8 Å². The number of hydrogen-bond acceptors (Lipinski definition) is 3. The lowest BCUT2D eigenvalue weighted by molar-refractivity contribution is -0.107. The molecule has 0 aliphatic carbocycles. The maximum absolute atomic E-state index is 13.6. The van der Waals surface area contributed by atoms with Crippen LogP contribution in [0.3, 0.4) is 0 Å². The number of carbonyl (C=O) groups excluding carboxylic acids is 1. The molecule has 3 rings (SSSR count). The van der Waals surface area contributed by atoms with Gasteiger partial charge in [-0.2, -0.15) is 0 Å². The normalized spacial score (nSPS) is 10.7. The number of hydrogen-bond donors (Lipinski definition) is 0. The topological polar surface area (TPSA) is 39.4 Å². The molecule has 3 nitrogen and oxygen atoms in total. The van der Waals surface area contributed by atoms with Gasteiger partial charge in [-0.25, -0.2) is 4.39 Å². The molecular weight excluding hydrogens is 271 g/mol.